The van der Waals surface area contributed by atoms with Gasteiger partial charge in [0.15, 0.2) is 0 Å². The summed E-state index contributed by atoms with van der Waals surface area (Å²) in [4.78, 5) is 12.1. The predicted octanol–water partition coefficient (Wildman–Crippen LogP) is 3.93. The molecule has 1 atom stereocenters. The van der Waals surface area contributed by atoms with Gasteiger partial charge in [0.05, 0.1) is 5.92 Å². The van der Waals surface area contributed by atoms with Crippen molar-refractivity contribution in [1.82, 2.24) is 0 Å². The molecule has 1 N–H and O–H groups in total. The van der Waals surface area contributed by atoms with Crippen LogP contribution in [0.15, 0.2) is 42.5 Å². The van der Waals surface area contributed by atoms with Gasteiger partial charge in [-0.15, -0.1) is 0 Å². The Morgan fingerprint density at radius 1 is 1.21 bits per heavy atom. The molecule has 0 aliphatic carbocycles. The molecule has 0 fully saturated rings. The van der Waals surface area contributed by atoms with Crippen LogP contribution in [-0.2, 0) is 11.2 Å². The third-order valence-corrected chi connectivity index (χ3v) is 3.88. The maximum Gasteiger partial charge on any atom is 0.232 e. The highest BCUT2D eigenvalue weighted by Gasteiger charge is 2.30. The summed E-state index contributed by atoms with van der Waals surface area (Å²) in [5.74, 6) is -0.0877. The first-order valence-corrected chi connectivity index (χ1v) is 6.68. The number of fused-ring (bicyclic) bond motifs is 1. The van der Waals surface area contributed by atoms with Crippen LogP contribution < -0.4 is 5.32 Å². The van der Waals surface area contributed by atoms with Crippen LogP contribution in [-0.4, -0.2) is 5.91 Å². The smallest absolute Gasteiger partial charge is 0.232 e. The summed E-state index contributed by atoms with van der Waals surface area (Å²) < 4.78 is 0. The number of rotatable bonds is 2. The second kappa shape index (κ2) is 4.71. The lowest BCUT2D eigenvalue weighted by Gasteiger charge is -2.11. The van der Waals surface area contributed by atoms with Crippen LogP contribution in [0.25, 0.3) is 0 Å². The zero-order valence-electron chi connectivity index (χ0n) is 10.6. The normalized spacial score (nSPS) is 17.2. The van der Waals surface area contributed by atoms with Crippen LogP contribution in [0.4, 0.5) is 5.69 Å². The monoisotopic (exact) mass is 271 g/mol. The summed E-state index contributed by atoms with van der Waals surface area (Å²) in [6.07, 6.45) is 0.714. The van der Waals surface area contributed by atoms with Crippen molar-refractivity contribution >= 4 is 23.2 Å². The minimum absolute atomic E-state index is 0.0560. The van der Waals surface area contributed by atoms with Crippen LogP contribution in [0.5, 0.6) is 0 Å². The Hall–Kier alpha value is -1.80. The first kappa shape index (κ1) is 12.2. The van der Waals surface area contributed by atoms with Crippen LogP contribution in [0.3, 0.4) is 0 Å². The van der Waals surface area contributed by atoms with E-state index in [0.29, 0.717) is 11.4 Å². The van der Waals surface area contributed by atoms with Gasteiger partial charge in [-0.05, 0) is 48.2 Å². The Labute approximate surface area is 117 Å². The zero-order valence-corrected chi connectivity index (χ0v) is 11.4. The van der Waals surface area contributed by atoms with Gasteiger partial charge in [0.2, 0.25) is 5.91 Å². The van der Waals surface area contributed by atoms with E-state index in [-0.39, 0.29) is 11.8 Å². The summed E-state index contributed by atoms with van der Waals surface area (Å²) in [7, 11) is 0. The minimum atomic E-state index is -0.144. The van der Waals surface area contributed by atoms with E-state index in [4.69, 9.17) is 11.6 Å². The van der Waals surface area contributed by atoms with Crippen molar-refractivity contribution < 1.29 is 4.79 Å². The van der Waals surface area contributed by atoms with Gasteiger partial charge in [-0.3, -0.25) is 4.79 Å². The maximum atomic E-state index is 12.1. The molecule has 0 radical (unpaired) electrons. The Bertz CT molecular complexity index is 651. The molecular formula is C16H14ClNO. The van der Waals surface area contributed by atoms with Crippen molar-refractivity contribution in [2.75, 3.05) is 5.32 Å². The number of carbonyl (C=O) groups excluding carboxylic acids is 1. The van der Waals surface area contributed by atoms with E-state index >= 15 is 0 Å². The average Bonchev–Trinajstić information content (AvgIpc) is 2.69. The summed E-state index contributed by atoms with van der Waals surface area (Å²) >= 11 is 6.03. The third kappa shape index (κ3) is 2.24. The zero-order chi connectivity index (χ0) is 13.4. The number of nitrogens with one attached hydrogen (secondary N) is 1. The van der Waals surface area contributed by atoms with E-state index in [1.54, 1.807) is 6.07 Å². The molecule has 1 amide bonds. The lowest BCUT2D eigenvalue weighted by molar-refractivity contribution is -0.117. The van der Waals surface area contributed by atoms with Crippen molar-refractivity contribution in [2.45, 2.75) is 19.3 Å². The Morgan fingerprint density at radius 2 is 2.00 bits per heavy atom. The first-order chi connectivity index (χ1) is 9.15. The fraction of sp³-hybridized carbons (Fsp3) is 0.188. The molecule has 3 rings (SSSR count). The van der Waals surface area contributed by atoms with Crippen molar-refractivity contribution in [2.24, 2.45) is 0 Å². The standard InChI is InChI=1S/C16H14ClNO/c1-10-4-2-3-5-11(10)8-14-13-9-12(17)6-7-15(13)18-16(14)19/h2-7,9,14H,8H2,1H3,(H,18,19). The first-order valence-electron chi connectivity index (χ1n) is 6.30. The fourth-order valence-corrected chi connectivity index (χ4v) is 2.74. The second-order valence-corrected chi connectivity index (χ2v) is 5.34. The molecule has 0 saturated heterocycles. The summed E-state index contributed by atoms with van der Waals surface area (Å²) in [6.45, 7) is 2.07. The highest BCUT2D eigenvalue weighted by molar-refractivity contribution is 6.31. The van der Waals surface area contributed by atoms with Gasteiger partial charge in [0, 0.05) is 10.7 Å². The number of anilines is 1. The summed E-state index contributed by atoms with van der Waals surface area (Å²) in [6, 6.07) is 13.7. The highest BCUT2D eigenvalue weighted by Crippen LogP contribution is 2.36. The molecule has 2 nitrogen and oxygen atoms in total. The van der Waals surface area contributed by atoms with Gasteiger partial charge in [-0.25, -0.2) is 0 Å². The van der Waals surface area contributed by atoms with Gasteiger partial charge in [0.1, 0.15) is 0 Å². The molecule has 0 aromatic heterocycles. The molecule has 0 saturated carbocycles. The molecule has 19 heavy (non-hydrogen) atoms. The van der Waals surface area contributed by atoms with Crippen molar-refractivity contribution in [3.05, 3.63) is 64.2 Å². The predicted molar refractivity (Wildman–Crippen MR) is 77.7 cm³/mol. The number of carbonyl (C=O) groups is 1. The van der Waals surface area contributed by atoms with Crippen molar-refractivity contribution in [3.8, 4) is 0 Å². The summed E-state index contributed by atoms with van der Waals surface area (Å²) in [5, 5.41) is 3.59. The number of hydrogen-bond donors (Lipinski definition) is 1. The SMILES string of the molecule is Cc1ccccc1CC1C(=O)Nc2ccc(Cl)cc21. The van der Waals surface area contributed by atoms with Crippen LogP contribution in [0.2, 0.25) is 5.02 Å². The molecule has 2 aromatic rings. The molecule has 0 spiro atoms. The van der Waals surface area contributed by atoms with E-state index in [0.717, 1.165) is 11.3 Å². The van der Waals surface area contributed by atoms with Crippen molar-refractivity contribution in [1.29, 1.82) is 0 Å². The number of aryl methyl sites for hydroxylation is 1. The van der Waals surface area contributed by atoms with Crippen LogP contribution in [0, 0.1) is 6.92 Å². The molecule has 0 bridgehead atoms. The number of hydrogen-bond acceptors (Lipinski definition) is 1. The molecule has 3 heteroatoms. The van der Waals surface area contributed by atoms with E-state index in [1.165, 1.54) is 11.1 Å². The molecule has 1 aliphatic heterocycles. The van der Waals surface area contributed by atoms with E-state index < -0.39 is 0 Å². The molecule has 1 heterocycles. The molecule has 1 aliphatic rings. The number of amides is 1. The highest BCUT2D eigenvalue weighted by atomic mass is 35.5. The second-order valence-electron chi connectivity index (χ2n) is 4.90. The fourth-order valence-electron chi connectivity index (χ4n) is 2.56. The lowest BCUT2D eigenvalue weighted by atomic mass is 9.91. The quantitative estimate of drug-likeness (QED) is 0.881. The van der Waals surface area contributed by atoms with E-state index in [2.05, 4.69) is 24.4 Å². The van der Waals surface area contributed by atoms with Crippen LogP contribution >= 0.6 is 11.6 Å². The largest absolute Gasteiger partial charge is 0.325 e. The lowest BCUT2D eigenvalue weighted by Crippen LogP contribution is -2.14. The Kier molecular flexibility index (Phi) is 3.03. The topological polar surface area (TPSA) is 29.1 Å². The van der Waals surface area contributed by atoms with Gasteiger partial charge in [0.25, 0.3) is 0 Å². The Balaban J connectivity index is 1.97. The summed E-state index contributed by atoms with van der Waals surface area (Å²) in [5.41, 5.74) is 4.30. The van der Waals surface area contributed by atoms with Gasteiger partial charge < -0.3 is 5.32 Å². The van der Waals surface area contributed by atoms with Gasteiger partial charge >= 0.3 is 0 Å². The maximum absolute atomic E-state index is 12.1. The molecular weight excluding hydrogens is 258 g/mol. The average molecular weight is 272 g/mol. The molecule has 2 aromatic carbocycles. The third-order valence-electron chi connectivity index (χ3n) is 3.65. The number of benzene rings is 2. The molecule has 96 valence electrons. The van der Waals surface area contributed by atoms with Gasteiger partial charge in [-0.2, -0.15) is 0 Å². The number of halogens is 1. The Morgan fingerprint density at radius 3 is 2.79 bits per heavy atom. The van der Waals surface area contributed by atoms with E-state index in [1.807, 2.05) is 24.3 Å². The minimum Gasteiger partial charge on any atom is -0.325 e. The molecule has 1 unspecified atom stereocenters. The van der Waals surface area contributed by atoms with E-state index in [9.17, 15) is 4.79 Å². The van der Waals surface area contributed by atoms with Crippen molar-refractivity contribution in [3.63, 3.8) is 0 Å². The van der Waals surface area contributed by atoms with Gasteiger partial charge in [-0.1, -0.05) is 35.9 Å². The van der Waals surface area contributed by atoms with Crippen LogP contribution in [0.1, 0.15) is 22.6 Å².